The van der Waals surface area contributed by atoms with Crippen molar-refractivity contribution >= 4 is 23.5 Å². The second-order valence-corrected chi connectivity index (χ2v) is 6.98. The minimum absolute atomic E-state index is 0.197. The largest absolute Gasteiger partial charge is 0.467 e. The van der Waals surface area contributed by atoms with Gasteiger partial charge in [-0.05, 0) is 44.0 Å². The molecule has 0 unspecified atom stereocenters. The number of methoxy groups -OCH3 is 1. The Morgan fingerprint density at radius 3 is 2.28 bits per heavy atom. The summed E-state index contributed by atoms with van der Waals surface area (Å²) in [5.41, 5.74) is -0.705. The molecule has 0 bridgehead atoms. The van der Waals surface area contributed by atoms with Crippen LogP contribution in [0.4, 0.5) is 10.1 Å². The van der Waals surface area contributed by atoms with E-state index in [0.29, 0.717) is 44.8 Å². The molecule has 1 aromatic rings. The third-order valence-electron chi connectivity index (χ3n) is 5.25. The summed E-state index contributed by atoms with van der Waals surface area (Å²) in [7, 11) is 1.30. The Morgan fingerprint density at radius 1 is 1.14 bits per heavy atom. The summed E-state index contributed by atoms with van der Waals surface area (Å²) in [5, 5.41) is 0. The number of halogens is 1. The second-order valence-electron chi connectivity index (χ2n) is 6.98. The number of piperidine rings is 1. The maximum atomic E-state index is 13.4. The molecule has 1 aliphatic rings. The van der Waals surface area contributed by atoms with Crippen molar-refractivity contribution in [1.29, 1.82) is 0 Å². The Hall–Kier alpha value is -2.48. The SMILES string of the molecule is CCOC(=O)CCN1CCC(C(=O)OC)(N(C(=O)CC)c2ccc(F)cc2)CC1. The molecular formula is C21H29FN2O5. The minimum Gasteiger partial charge on any atom is -0.467 e. The van der Waals surface area contributed by atoms with Crippen molar-refractivity contribution in [3.63, 3.8) is 0 Å². The Morgan fingerprint density at radius 2 is 1.76 bits per heavy atom. The summed E-state index contributed by atoms with van der Waals surface area (Å²) in [4.78, 5) is 40.8. The lowest BCUT2D eigenvalue weighted by molar-refractivity contribution is -0.151. The van der Waals surface area contributed by atoms with E-state index >= 15 is 0 Å². The van der Waals surface area contributed by atoms with Gasteiger partial charge in [0.1, 0.15) is 11.4 Å². The van der Waals surface area contributed by atoms with Crippen LogP contribution in [-0.2, 0) is 23.9 Å². The van der Waals surface area contributed by atoms with Gasteiger partial charge < -0.3 is 14.4 Å². The van der Waals surface area contributed by atoms with Crippen molar-refractivity contribution in [1.82, 2.24) is 4.90 Å². The highest BCUT2D eigenvalue weighted by Gasteiger charge is 2.49. The molecule has 1 aliphatic heterocycles. The molecule has 1 fully saturated rings. The van der Waals surface area contributed by atoms with Gasteiger partial charge in [-0.25, -0.2) is 9.18 Å². The first-order valence-electron chi connectivity index (χ1n) is 9.93. The summed E-state index contributed by atoms with van der Waals surface area (Å²) in [5.74, 6) is -1.40. The number of likely N-dealkylation sites (tertiary alicyclic amines) is 1. The number of hydrogen-bond acceptors (Lipinski definition) is 6. The lowest BCUT2D eigenvalue weighted by atomic mass is 9.84. The van der Waals surface area contributed by atoms with Crippen LogP contribution in [0, 0.1) is 5.82 Å². The zero-order valence-electron chi connectivity index (χ0n) is 17.3. The first-order chi connectivity index (χ1) is 13.9. The highest BCUT2D eigenvalue weighted by atomic mass is 19.1. The van der Waals surface area contributed by atoms with Crippen molar-refractivity contribution in [2.24, 2.45) is 0 Å². The van der Waals surface area contributed by atoms with Crippen molar-refractivity contribution in [3.05, 3.63) is 30.1 Å². The number of ether oxygens (including phenoxy) is 2. The van der Waals surface area contributed by atoms with E-state index in [1.165, 1.54) is 36.3 Å². The number of carbonyl (C=O) groups excluding carboxylic acids is 3. The molecule has 7 nitrogen and oxygen atoms in total. The number of amides is 1. The van der Waals surface area contributed by atoms with E-state index in [2.05, 4.69) is 4.90 Å². The van der Waals surface area contributed by atoms with Gasteiger partial charge in [-0.1, -0.05) is 6.92 Å². The van der Waals surface area contributed by atoms with E-state index in [4.69, 9.17) is 9.47 Å². The normalized spacial score (nSPS) is 16.1. The topological polar surface area (TPSA) is 76.2 Å². The Balaban J connectivity index is 2.25. The molecule has 0 spiro atoms. The fourth-order valence-electron chi connectivity index (χ4n) is 3.72. The van der Waals surface area contributed by atoms with Crippen LogP contribution in [0.15, 0.2) is 24.3 Å². The minimum atomic E-state index is -1.17. The van der Waals surface area contributed by atoms with Crippen LogP contribution in [0.1, 0.15) is 39.5 Å². The second kappa shape index (κ2) is 10.3. The van der Waals surface area contributed by atoms with Crippen LogP contribution in [0.25, 0.3) is 0 Å². The maximum Gasteiger partial charge on any atom is 0.332 e. The molecule has 1 amide bonds. The first-order valence-corrected chi connectivity index (χ1v) is 9.93. The van der Waals surface area contributed by atoms with Crippen molar-refractivity contribution in [2.75, 3.05) is 38.3 Å². The van der Waals surface area contributed by atoms with Gasteiger partial charge in [-0.3, -0.25) is 14.5 Å². The molecule has 1 saturated heterocycles. The number of anilines is 1. The van der Waals surface area contributed by atoms with E-state index < -0.39 is 17.3 Å². The number of hydrogen-bond donors (Lipinski definition) is 0. The zero-order chi connectivity index (χ0) is 21.4. The summed E-state index contributed by atoms with van der Waals surface area (Å²) < 4.78 is 23.4. The van der Waals surface area contributed by atoms with E-state index in [0.717, 1.165) is 0 Å². The van der Waals surface area contributed by atoms with Gasteiger partial charge in [0, 0.05) is 31.7 Å². The summed E-state index contributed by atoms with van der Waals surface area (Å²) in [6, 6.07) is 5.54. The molecule has 2 rings (SSSR count). The number of nitrogens with zero attached hydrogens (tertiary/aromatic N) is 2. The summed E-state index contributed by atoms with van der Waals surface area (Å²) in [6.45, 7) is 5.38. The molecule has 29 heavy (non-hydrogen) atoms. The average Bonchev–Trinajstić information content (AvgIpc) is 2.74. The predicted octanol–water partition coefficient (Wildman–Crippen LogP) is 2.53. The molecule has 0 saturated carbocycles. The number of carbonyl (C=O) groups is 3. The Bertz CT molecular complexity index is 714. The summed E-state index contributed by atoms with van der Waals surface area (Å²) in [6.07, 6.45) is 1.18. The fourth-order valence-corrected chi connectivity index (χ4v) is 3.72. The lowest BCUT2D eigenvalue weighted by Crippen LogP contribution is -2.62. The van der Waals surface area contributed by atoms with E-state index in [9.17, 15) is 18.8 Å². The molecule has 0 aliphatic carbocycles. The van der Waals surface area contributed by atoms with Crippen molar-refractivity contribution in [3.8, 4) is 0 Å². The fraction of sp³-hybridized carbons (Fsp3) is 0.571. The van der Waals surface area contributed by atoms with Crippen LogP contribution in [-0.4, -0.2) is 61.6 Å². The standard InChI is InChI=1S/C21H29FN2O5/c1-4-18(25)24(17-8-6-16(22)7-9-17)21(20(27)28-3)11-14-23(15-12-21)13-10-19(26)29-5-2/h6-9H,4-5,10-15H2,1-3H3. The monoisotopic (exact) mass is 408 g/mol. The molecular weight excluding hydrogens is 379 g/mol. The smallest absolute Gasteiger partial charge is 0.332 e. The molecule has 1 aromatic carbocycles. The van der Waals surface area contributed by atoms with Gasteiger partial charge >= 0.3 is 11.9 Å². The van der Waals surface area contributed by atoms with Crippen LogP contribution in [0.5, 0.6) is 0 Å². The molecule has 160 valence electrons. The van der Waals surface area contributed by atoms with Crippen LogP contribution >= 0.6 is 0 Å². The Labute approximate surface area is 170 Å². The molecule has 0 atom stereocenters. The van der Waals surface area contributed by atoms with Gasteiger partial charge in [0.05, 0.1) is 20.1 Å². The van der Waals surface area contributed by atoms with E-state index in [1.807, 2.05) is 0 Å². The molecule has 8 heteroatoms. The van der Waals surface area contributed by atoms with Gasteiger partial charge in [0.25, 0.3) is 0 Å². The number of esters is 2. The number of benzene rings is 1. The van der Waals surface area contributed by atoms with Crippen LogP contribution < -0.4 is 4.90 Å². The Kier molecular flexibility index (Phi) is 8.13. The van der Waals surface area contributed by atoms with Gasteiger partial charge in [-0.2, -0.15) is 0 Å². The van der Waals surface area contributed by atoms with Gasteiger partial charge in [0.15, 0.2) is 0 Å². The van der Waals surface area contributed by atoms with Crippen molar-refractivity contribution in [2.45, 2.75) is 45.1 Å². The van der Waals surface area contributed by atoms with Crippen molar-refractivity contribution < 1.29 is 28.2 Å². The predicted molar refractivity (Wildman–Crippen MR) is 106 cm³/mol. The highest BCUT2D eigenvalue weighted by Crippen LogP contribution is 2.35. The zero-order valence-corrected chi connectivity index (χ0v) is 17.3. The molecule has 0 radical (unpaired) electrons. The average molecular weight is 408 g/mol. The quantitative estimate of drug-likeness (QED) is 0.616. The molecule has 1 heterocycles. The van der Waals surface area contributed by atoms with Crippen LogP contribution in [0.2, 0.25) is 0 Å². The maximum absolute atomic E-state index is 13.4. The van der Waals surface area contributed by atoms with Crippen LogP contribution in [0.3, 0.4) is 0 Å². The van der Waals surface area contributed by atoms with E-state index in [-0.39, 0.29) is 24.7 Å². The third kappa shape index (κ3) is 5.32. The van der Waals surface area contributed by atoms with Gasteiger partial charge in [0.2, 0.25) is 5.91 Å². The molecule has 0 aromatic heterocycles. The number of rotatable bonds is 8. The molecule has 0 N–H and O–H groups in total. The van der Waals surface area contributed by atoms with E-state index in [1.54, 1.807) is 13.8 Å². The third-order valence-corrected chi connectivity index (χ3v) is 5.25. The first kappa shape index (κ1) is 22.8. The summed E-state index contributed by atoms with van der Waals surface area (Å²) >= 11 is 0. The highest BCUT2D eigenvalue weighted by molar-refractivity contribution is 6.02. The van der Waals surface area contributed by atoms with Gasteiger partial charge in [-0.15, -0.1) is 0 Å². The lowest BCUT2D eigenvalue weighted by Gasteiger charge is -2.46.